The van der Waals surface area contributed by atoms with Crippen LogP contribution in [0.1, 0.15) is 113 Å². The number of fused-ring (bicyclic) bond motifs is 10. The van der Waals surface area contributed by atoms with Crippen LogP contribution in [0.4, 0.5) is 0 Å². The van der Waals surface area contributed by atoms with Gasteiger partial charge in [-0.2, -0.15) is 0 Å². The first kappa shape index (κ1) is 21.5. The molecular formula is C32H53FeP3. The van der Waals surface area contributed by atoms with Crippen LogP contribution in [0.5, 0.6) is 0 Å². The molecule has 10 saturated heterocycles. The number of hydrogen-bond donors (Lipinski definition) is 0. The molecule has 0 N–H and O–H groups in total. The van der Waals surface area contributed by atoms with Crippen LogP contribution in [0.15, 0.2) is 0 Å². The summed E-state index contributed by atoms with van der Waals surface area (Å²) in [6.07, 6.45) is 16.1. The molecule has 4 heteroatoms. The molecule has 1 spiro atoms. The Morgan fingerprint density at radius 3 is 1.31 bits per heavy atom. The minimum absolute atomic E-state index is 0.0239. The van der Waals surface area contributed by atoms with Gasteiger partial charge in [-0.25, -0.2) is 0 Å². The van der Waals surface area contributed by atoms with Crippen molar-refractivity contribution in [1.29, 1.82) is 0 Å². The molecule has 0 aromatic carbocycles. The zero-order valence-corrected chi connectivity index (χ0v) is 28.1. The topological polar surface area (TPSA) is 0 Å². The third-order valence-electron chi connectivity index (χ3n) is 21.6. The third kappa shape index (κ3) is 0.513. The Morgan fingerprint density at radius 1 is 0.639 bits per heavy atom. The van der Waals surface area contributed by atoms with Crippen LogP contribution in [0, 0.1) is 0 Å². The summed E-state index contributed by atoms with van der Waals surface area (Å²) in [5, 5.41) is 1.02. The van der Waals surface area contributed by atoms with Crippen LogP contribution >= 0.6 is 25.1 Å². The van der Waals surface area contributed by atoms with Gasteiger partial charge in [-0.05, 0) is 0 Å². The van der Waals surface area contributed by atoms with Gasteiger partial charge in [0.25, 0.3) is 0 Å². The van der Waals surface area contributed by atoms with Gasteiger partial charge < -0.3 is 0 Å². The molecule has 0 aromatic heterocycles. The fourth-order valence-corrected chi connectivity index (χ4v) is 137. The van der Waals surface area contributed by atoms with Crippen molar-refractivity contribution < 1.29 is 6.51 Å². The maximum atomic E-state index is 3.00. The van der Waals surface area contributed by atoms with Crippen molar-refractivity contribution >= 4 is 25.1 Å². The molecule has 12 aliphatic rings. The van der Waals surface area contributed by atoms with Crippen molar-refractivity contribution in [3.8, 4) is 0 Å². The Balaban J connectivity index is 1.12. The standard InChI is InChI=1S/C27H48P3.C5H5.Fe/c1-20(30(26(2,3)4)27(5,6)7)25-23(28-21-14-10-8-11-15-21)18-19-24(25)29-22-16-12-9-13-17-22;1-2-4-5-3-1;/h18-22,28-29H,8-17H2,1-7H3;1-5H;. The van der Waals surface area contributed by atoms with Gasteiger partial charge in [0.05, 0.1) is 0 Å². The van der Waals surface area contributed by atoms with Gasteiger partial charge in [-0.15, -0.1) is 0 Å². The molecule has 10 aliphatic heterocycles. The number of hydrogen-bond acceptors (Lipinski definition) is 0. The van der Waals surface area contributed by atoms with Gasteiger partial charge in [0.1, 0.15) is 0 Å². The summed E-state index contributed by atoms with van der Waals surface area (Å²) in [4.78, 5) is 10.4. The van der Waals surface area contributed by atoms with Gasteiger partial charge in [0, 0.05) is 0 Å². The van der Waals surface area contributed by atoms with Gasteiger partial charge >= 0.3 is 218 Å². The Morgan fingerprint density at radius 2 is 1.00 bits per heavy atom. The molecule has 0 radical (unpaired) electrons. The molecule has 7 unspecified atom stereocenters. The summed E-state index contributed by atoms with van der Waals surface area (Å²) in [5.41, 5.74) is 3.49. The van der Waals surface area contributed by atoms with Crippen LogP contribution in [-0.2, 0) is 6.51 Å². The quantitative estimate of drug-likeness (QED) is 0.215. The van der Waals surface area contributed by atoms with E-state index in [4.69, 9.17) is 0 Å². The molecule has 10 heterocycles. The van der Waals surface area contributed by atoms with Crippen LogP contribution in [0.25, 0.3) is 0 Å². The van der Waals surface area contributed by atoms with E-state index >= 15 is 0 Å². The van der Waals surface area contributed by atoms with Crippen LogP contribution < -0.4 is 0 Å². The third-order valence-corrected chi connectivity index (χ3v) is 82.5. The predicted octanol–water partition coefficient (Wildman–Crippen LogP) is 11.1. The summed E-state index contributed by atoms with van der Waals surface area (Å²) >= 11 is 0. The van der Waals surface area contributed by atoms with Crippen LogP contribution in [0.2, 0.25) is 38.0 Å². The molecule has 12 rings (SSSR count). The van der Waals surface area contributed by atoms with Crippen molar-refractivity contribution in [2.75, 3.05) is 0 Å². The normalized spacial score (nSPS) is 75.7. The Kier molecular flexibility index (Phi) is 1.90. The molecular weight excluding hydrogens is 533 g/mol. The van der Waals surface area contributed by atoms with Crippen LogP contribution in [0.3, 0.4) is 0 Å². The monoisotopic (exact) mass is 586 g/mol. The molecule has 8 atom stereocenters. The second-order valence-electron chi connectivity index (χ2n) is 20.2. The van der Waals surface area contributed by atoms with Crippen molar-refractivity contribution in [3.63, 3.8) is 0 Å². The van der Waals surface area contributed by atoms with E-state index in [0.717, 1.165) is 18.1 Å². The average Bonchev–Trinajstić information content (AvgIpc) is 3.74. The van der Waals surface area contributed by atoms with Crippen molar-refractivity contribution in [2.45, 2.75) is 186 Å². The fourth-order valence-electron chi connectivity index (χ4n) is 24.6. The van der Waals surface area contributed by atoms with Crippen LogP contribution in [-0.4, -0.2) is 35.4 Å². The SMILES string of the molecule is CC(P(C(C)(C)C)C(C)(C)C)[C]12[C]3(PC4CCCCC4)[CH]4[CH]5[C@@]1(PC1CCCCC1)[Fe]45321678[CH]2[CH]1[CH]6[CH]7[CH]28. The van der Waals surface area contributed by atoms with E-state index in [-0.39, 0.29) is 7.92 Å². The molecule has 12 fully saturated rings. The molecule has 0 bridgehead atoms. The summed E-state index contributed by atoms with van der Waals surface area (Å²) in [6.45, 7) is 15.6. The second kappa shape index (κ2) is 3.18. The predicted molar refractivity (Wildman–Crippen MR) is 161 cm³/mol. The zero-order chi connectivity index (χ0) is 24.7. The molecule has 0 amide bonds. The molecule has 36 heavy (non-hydrogen) atoms. The first-order valence-corrected chi connectivity index (χ1v) is 26.0. The van der Waals surface area contributed by atoms with Crippen molar-refractivity contribution in [3.05, 3.63) is 0 Å². The molecule has 0 nitrogen and oxygen atoms in total. The van der Waals surface area contributed by atoms with Crippen molar-refractivity contribution in [1.82, 2.24) is 0 Å². The van der Waals surface area contributed by atoms with E-state index in [0.29, 0.717) is 10.3 Å². The average molecular weight is 587 g/mol. The summed E-state index contributed by atoms with van der Waals surface area (Å²) in [5.74, 6) is 0. The maximum absolute atomic E-state index is 3.60. The summed E-state index contributed by atoms with van der Waals surface area (Å²) in [6, 6.07) is 0. The van der Waals surface area contributed by atoms with Gasteiger partial charge in [-0.3, -0.25) is 0 Å². The fraction of sp³-hybridized carbons (Fsp3) is 1.00. The Labute approximate surface area is 216 Å². The molecule has 0 aromatic rings. The second-order valence-corrected chi connectivity index (χ2v) is 52.1. The van der Waals surface area contributed by atoms with E-state index < -0.39 is 6.51 Å². The van der Waals surface area contributed by atoms with Crippen molar-refractivity contribution in [2.24, 2.45) is 0 Å². The number of rotatable bonds is 6. The summed E-state index contributed by atoms with van der Waals surface area (Å²) < 4.78 is 3.24. The Hall–Kier alpha value is 1.81. The van der Waals surface area contributed by atoms with E-state index in [9.17, 15) is 0 Å². The molecule has 204 valence electrons. The van der Waals surface area contributed by atoms with Gasteiger partial charge in [0.15, 0.2) is 0 Å². The molecule has 2 aliphatic carbocycles. The van der Waals surface area contributed by atoms with E-state index in [1.807, 2.05) is 0 Å². The first-order valence-electron chi connectivity index (χ1n) is 16.3. The van der Waals surface area contributed by atoms with E-state index in [1.165, 1.54) is 62.2 Å². The Bertz CT molecular complexity index is 1430. The van der Waals surface area contributed by atoms with E-state index in [1.54, 1.807) is 64.2 Å². The molecule has 2 saturated carbocycles. The van der Waals surface area contributed by atoms with Gasteiger partial charge in [0.2, 0.25) is 0 Å². The minimum atomic E-state index is -3.60. The van der Waals surface area contributed by atoms with Gasteiger partial charge in [-0.1, -0.05) is 0 Å². The van der Waals surface area contributed by atoms with E-state index in [2.05, 4.69) is 48.5 Å². The summed E-state index contributed by atoms with van der Waals surface area (Å²) in [7, 11) is 2.99. The zero-order valence-electron chi connectivity index (χ0n) is 24.1. The first-order chi connectivity index (χ1) is 16.8.